The summed E-state index contributed by atoms with van der Waals surface area (Å²) in [7, 11) is 0. The van der Waals surface area contributed by atoms with Crippen LogP contribution < -0.4 is 5.32 Å². The first kappa shape index (κ1) is 14.3. The smallest absolute Gasteiger partial charge is 0.103 e. The number of rotatable bonds is 3. The van der Waals surface area contributed by atoms with Crippen LogP contribution in [0, 0.1) is 0 Å². The van der Waals surface area contributed by atoms with Gasteiger partial charge in [-0.15, -0.1) is 0 Å². The molecule has 1 aliphatic rings. The number of ether oxygens (including phenoxy) is 1. The van der Waals surface area contributed by atoms with Crippen molar-refractivity contribution in [2.75, 3.05) is 6.54 Å². The molecule has 2 aromatic carbocycles. The topological polar surface area (TPSA) is 21.3 Å². The molecule has 3 rings (SSSR count). The van der Waals surface area contributed by atoms with E-state index >= 15 is 0 Å². The zero-order chi connectivity index (χ0) is 14.7. The summed E-state index contributed by atoms with van der Waals surface area (Å²) in [5, 5.41) is 3.70. The number of hydrogen-bond donors (Lipinski definition) is 1. The van der Waals surface area contributed by atoms with Crippen LogP contribution in [-0.2, 0) is 4.74 Å². The molecule has 0 saturated carbocycles. The van der Waals surface area contributed by atoms with Gasteiger partial charge in [-0.05, 0) is 24.5 Å². The molecule has 0 aliphatic carbocycles. The van der Waals surface area contributed by atoms with Gasteiger partial charge in [-0.2, -0.15) is 0 Å². The van der Waals surface area contributed by atoms with E-state index in [1.54, 1.807) is 0 Å². The molecule has 21 heavy (non-hydrogen) atoms. The van der Waals surface area contributed by atoms with Gasteiger partial charge in [0.05, 0.1) is 11.6 Å². The molecule has 1 saturated heterocycles. The molecule has 1 N–H and O–H groups in total. The normalized spacial score (nSPS) is 29.2. The van der Waals surface area contributed by atoms with Gasteiger partial charge < -0.3 is 10.1 Å². The van der Waals surface area contributed by atoms with Crippen LogP contribution in [0.1, 0.15) is 43.5 Å². The van der Waals surface area contributed by atoms with Gasteiger partial charge in [-0.3, -0.25) is 0 Å². The molecule has 0 aromatic heterocycles. The van der Waals surface area contributed by atoms with Crippen LogP contribution in [-0.4, -0.2) is 12.1 Å². The minimum atomic E-state index is -0.105. The third-order valence-electron chi connectivity index (χ3n) is 4.44. The lowest BCUT2D eigenvalue weighted by molar-refractivity contribution is -0.131. The molecule has 3 unspecified atom stereocenters. The summed E-state index contributed by atoms with van der Waals surface area (Å²) in [6.07, 6.45) is 1.05. The molecule has 1 heterocycles. The van der Waals surface area contributed by atoms with E-state index in [0.29, 0.717) is 0 Å². The van der Waals surface area contributed by atoms with E-state index in [-0.39, 0.29) is 17.7 Å². The van der Waals surface area contributed by atoms with E-state index in [4.69, 9.17) is 4.74 Å². The summed E-state index contributed by atoms with van der Waals surface area (Å²) in [5.74, 6) is 0. The molecule has 1 fully saturated rings. The van der Waals surface area contributed by atoms with Gasteiger partial charge in [0, 0.05) is 6.54 Å². The fraction of sp³-hybridized carbons (Fsp3) is 0.368. The van der Waals surface area contributed by atoms with Gasteiger partial charge in [-0.1, -0.05) is 67.6 Å². The summed E-state index contributed by atoms with van der Waals surface area (Å²) in [6, 6.07) is 21.3. The van der Waals surface area contributed by atoms with Crippen LogP contribution in [0.3, 0.4) is 0 Å². The molecule has 2 aromatic rings. The molecular formula is C19H23NO. The van der Waals surface area contributed by atoms with E-state index in [9.17, 15) is 0 Å². The van der Waals surface area contributed by atoms with Crippen molar-refractivity contribution in [1.82, 2.24) is 5.32 Å². The Balaban J connectivity index is 1.95. The lowest BCUT2D eigenvalue weighted by Gasteiger charge is -2.44. The van der Waals surface area contributed by atoms with Gasteiger partial charge in [0.2, 0.25) is 0 Å². The molecule has 0 amide bonds. The Bertz CT molecular complexity index is 569. The van der Waals surface area contributed by atoms with Gasteiger partial charge in [0.1, 0.15) is 6.10 Å². The molecule has 110 valence electrons. The second-order valence-electron chi connectivity index (χ2n) is 6.02. The molecular weight excluding hydrogens is 258 g/mol. The van der Waals surface area contributed by atoms with Gasteiger partial charge in [0.25, 0.3) is 0 Å². The highest BCUT2D eigenvalue weighted by Crippen LogP contribution is 2.39. The van der Waals surface area contributed by atoms with E-state index in [1.807, 2.05) is 0 Å². The maximum absolute atomic E-state index is 6.51. The fourth-order valence-corrected chi connectivity index (χ4v) is 2.91. The molecule has 3 atom stereocenters. The van der Waals surface area contributed by atoms with Crippen molar-refractivity contribution in [1.29, 1.82) is 0 Å². The predicted octanol–water partition coefficient (Wildman–Crippen LogP) is 4.26. The Hall–Kier alpha value is -1.64. The Kier molecular flexibility index (Phi) is 4.09. The van der Waals surface area contributed by atoms with Crippen molar-refractivity contribution in [3.8, 4) is 0 Å². The first-order valence-corrected chi connectivity index (χ1v) is 7.73. The molecule has 0 bridgehead atoms. The summed E-state index contributed by atoms with van der Waals surface area (Å²) < 4.78 is 6.51. The van der Waals surface area contributed by atoms with E-state index < -0.39 is 0 Å². The summed E-state index contributed by atoms with van der Waals surface area (Å²) in [5.41, 5.74) is 2.41. The zero-order valence-corrected chi connectivity index (χ0v) is 12.8. The second-order valence-corrected chi connectivity index (χ2v) is 6.02. The Morgan fingerprint density at radius 3 is 2.14 bits per heavy atom. The molecule has 1 aliphatic heterocycles. The Labute approximate surface area is 127 Å². The fourth-order valence-electron chi connectivity index (χ4n) is 2.91. The minimum absolute atomic E-state index is 0.0484. The van der Waals surface area contributed by atoms with Crippen molar-refractivity contribution >= 4 is 0 Å². The summed E-state index contributed by atoms with van der Waals surface area (Å²) in [6.45, 7) is 5.26. The van der Waals surface area contributed by atoms with Crippen LogP contribution in [0.5, 0.6) is 0 Å². The second kappa shape index (κ2) is 6.00. The zero-order valence-electron chi connectivity index (χ0n) is 12.8. The van der Waals surface area contributed by atoms with E-state index in [2.05, 4.69) is 79.8 Å². The predicted molar refractivity (Wildman–Crippen MR) is 86.1 cm³/mol. The highest BCUT2D eigenvalue weighted by atomic mass is 16.5. The minimum Gasteiger partial charge on any atom is -0.364 e. The average Bonchev–Trinajstić information content (AvgIpc) is 2.56. The summed E-state index contributed by atoms with van der Waals surface area (Å²) >= 11 is 0. The highest BCUT2D eigenvalue weighted by molar-refractivity contribution is 5.27. The molecule has 0 radical (unpaired) electrons. The quantitative estimate of drug-likeness (QED) is 0.907. The largest absolute Gasteiger partial charge is 0.364 e. The van der Waals surface area contributed by atoms with Crippen molar-refractivity contribution in [3.05, 3.63) is 71.8 Å². The third kappa shape index (κ3) is 3.02. The number of morpholine rings is 1. The first-order valence-electron chi connectivity index (χ1n) is 7.73. The highest BCUT2D eigenvalue weighted by Gasteiger charge is 2.38. The Morgan fingerprint density at radius 1 is 1.00 bits per heavy atom. The molecule has 0 spiro atoms. The van der Waals surface area contributed by atoms with Crippen LogP contribution in [0.25, 0.3) is 0 Å². The lowest BCUT2D eigenvalue weighted by atomic mass is 9.90. The van der Waals surface area contributed by atoms with Crippen molar-refractivity contribution < 1.29 is 4.74 Å². The van der Waals surface area contributed by atoms with E-state index in [0.717, 1.165) is 13.0 Å². The third-order valence-corrected chi connectivity index (χ3v) is 4.44. The standard InChI is InChI=1S/C19H23NO/c1-3-19(2)14-20-17(15-10-6-4-7-11-15)18(21-19)16-12-8-5-9-13-16/h4-13,17-18,20H,3,14H2,1-2H3. The van der Waals surface area contributed by atoms with Crippen LogP contribution in [0.2, 0.25) is 0 Å². The van der Waals surface area contributed by atoms with Crippen LogP contribution >= 0.6 is 0 Å². The molecule has 2 nitrogen and oxygen atoms in total. The molecule has 2 heteroatoms. The van der Waals surface area contributed by atoms with Gasteiger partial charge in [0.15, 0.2) is 0 Å². The number of benzene rings is 2. The number of nitrogens with one attached hydrogen (secondary N) is 1. The Morgan fingerprint density at radius 2 is 1.57 bits per heavy atom. The average molecular weight is 281 g/mol. The van der Waals surface area contributed by atoms with Crippen LogP contribution in [0.4, 0.5) is 0 Å². The van der Waals surface area contributed by atoms with Crippen molar-refractivity contribution in [3.63, 3.8) is 0 Å². The SMILES string of the molecule is CCC1(C)CNC(c2ccccc2)C(c2ccccc2)O1. The van der Waals surface area contributed by atoms with Gasteiger partial charge in [-0.25, -0.2) is 0 Å². The van der Waals surface area contributed by atoms with Crippen molar-refractivity contribution in [2.45, 2.75) is 38.0 Å². The monoisotopic (exact) mass is 281 g/mol. The summed E-state index contributed by atoms with van der Waals surface area (Å²) in [4.78, 5) is 0. The maximum Gasteiger partial charge on any atom is 0.103 e. The van der Waals surface area contributed by atoms with Gasteiger partial charge >= 0.3 is 0 Å². The van der Waals surface area contributed by atoms with Crippen molar-refractivity contribution in [2.24, 2.45) is 0 Å². The maximum atomic E-state index is 6.51. The van der Waals surface area contributed by atoms with Crippen LogP contribution in [0.15, 0.2) is 60.7 Å². The number of hydrogen-bond acceptors (Lipinski definition) is 2. The first-order chi connectivity index (χ1) is 10.2. The van der Waals surface area contributed by atoms with E-state index in [1.165, 1.54) is 11.1 Å². The lowest BCUT2D eigenvalue weighted by Crippen LogP contribution is -2.50.